The number of carbonyl (C=O) groups is 1. The third-order valence-corrected chi connectivity index (χ3v) is 2.90. The van der Waals surface area contributed by atoms with E-state index < -0.39 is 0 Å². The fourth-order valence-corrected chi connectivity index (χ4v) is 1.89. The van der Waals surface area contributed by atoms with E-state index in [2.05, 4.69) is 11.2 Å². The van der Waals surface area contributed by atoms with Crippen LogP contribution < -0.4 is 0 Å². The Labute approximate surface area is 117 Å². The lowest BCUT2D eigenvalue weighted by molar-refractivity contribution is 0.0513. The zero-order valence-electron chi connectivity index (χ0n) is 11.5. The van der Waals surface area contributed by atoms with Gasteiger partial charge in [-0.3, -0.25) is 4.68 Å². The summed E-state index contributed by atoms with van der Waals surface area (Å²) < 4.78 is 6.48. The minimum atomic E-state index is -0.380. The third kappa shape index (κ3) is 2.86. The van der Waals surface area contributed by atoms with Crippen molar-refractivity contribution >= 4 is 5.97 Å². The van der Waals surface area contributed by atoms with E-state index in [1.807, 2.05) is 24.3 Å². The first-order valence-electron chi connectivity index (χ1n) is 6.33. The zero-order chi connectivity index (χ0) is 14.5. The summed E-state index contributed by atoms with van der Waals surface area (Å²) in [5.41, 5.74) is 2.98. The Morgan fingerprint density at radius 2 is 2.10 bits per heavy atom. The Bertz CT molecular complexity index is 651. The van der Waals surface area contributed by atoms with Crippen LogP contribution >= 0.6 is 0 Å². The maximum Gasteiger partial charge on any atom is 0.356 e. The summed E-state index contributed by atoms with van der Waals surface area (Å²) >= 11 is 0. The monoisotopic (exact) mass is 269 g/mol. The number of nitriles is 1. The van der Waals surface area contributed by atoms with Crippen LogP contribution in [0.2, 0.25) is 0 Å². The van der Waals surface area contributed by atoms with E-state index in [0.717, 1.165) is 11.1 Å². The molecule has 0 spiro atoms. The molecule has 1 heterocycles. The van der Waals surface area contributed by atoms with E-state index in [9.17, 15) is 4.79 Å². The van der Waals surface area contributed by atoms with Gasteiger partial charge in [-0.1, -0.05) is 24.3 Å². The lowest BCUT2D eigenvalue weighted by Crippen LogP contribution is -2.10. The minimum Gasteiger partial charge on any atom is -0.461 e. The van der Waals surface area contributed by atoms with Crippen molar-refractivity contribution in [1.29, 1.82) is 5.26 Å². The van der Waals surface area contributed by atoms with Gasteiger partial charge in [-0.25, -0.2) is 4.79 Å². The highest BCUT2D eigenvalue weighted by atomic mass is 16.5. The van der Waals surface area contributed by atoms with Crippen LogP contribution in [0.3, 0.4) is 0 Å². The van der Waals surface area contributed by atoms with Gasteiger partial charge in [0.05, 0.1) is 24.8 Å². The molecule has 0 amide bonds. The van der Waals surface area contributed by atoms with Gasteiger partial charge in [0.2, 0.25) is 0 Å². The summed E-state index contributed by atoms with van der Waals surface area (Å²) in [7, 11) is 1.71. The Hall–Kier alpha value is -2.61. The van der Waals surface area contributed by atoms with Crippen LogP contribution in [0.25, 0.3) is 11.3 Å². The molecular weight excluding hydrogens is 254 g/mol. The second-order valence-electron chi connectivity index (χ2n) is 4.29. The molecule has 0 aliphatic carbocycles. The number of ether oxygens (including phenoxy) is 1. The number of esters is 1. The first kappa shape index (κ1) is 13.8. The van der Waals surface area contributed by atoms with Gasteiger partial charge in [-0.2, -0.15) is 10.4 Å². The number of rotatable bonds is 4. The van der Waals surface area contributed by atoms with Crippen molar-refractivity contribution in [3.05, 3.63) is 41.6 Å². The van der Waals surface area contributed by atoms with Crippen LogP contribution in [0.5, 0.6) is 0 Å². The Morgan fingerprint density at radius 3 is 2.70 bits per heavy atom. The molecule has 2 rings (SSSR count). The number of aromatic nitrogens is 2. The summed E-state index contributed by atoms with van der Waals surface area (Å²) in [6.45, 7) is 2.10. The molecule has 2 aromatic rings. The largest absolute Gasteiger partial charge is 0.461 e. The third-order valence-electron chi connectivity index (χ3n) is 2.90. The van der Waals surface area contributed by atoms with Gasteiger partial charge in [0.1, 0.15) is 5.69 Å². The van der Waals surface area contributed by atoms with Crippen LogP contribution in [-0.4, -0.2) is 22.4 Å². The van der Waals surface area contributed by atoms with Crippen molar-refractivity contribution < 1.29 is 9.53 Å². The molecule has 0 saturated heterocycles. The topological polar surface area (TPSA) is 67.9 Å². The molecule has 102 valence electrons. The molecule has 0 aliphatic rings. The predicted octanol–water partition coefficient (Wildman–Crippen LogP) is 2.33. The molecule has 0 N–H and O–H groups in total. The highest BCUT2D eigenvalue weighted by Gasteiger charge is 2.14. The van der Waals surface area contributed by atoms with Crippen LogP contribution in [0, 0.1) is 11.3 Å². The average molecular weight is 269 g/mol. The molecule has 0 saturated carbocycles. The van der Waals surface area contributed by atoms with E-state index in [1.54, 1.807) is 20.0 Å². The van der Waals surface area contributed by atoms with Gasteiger partial charge in [-0.05, 0) is 18.6 Å². The lowest BCUT2D eigenvalue weighted by Gasteiger charge is -1.99. The average Bonchev–Trinajstić information content (AvgIpc) is 2.82. The van der Waals surface area contributed by atoms with Crippen molar-refractivity contribution in [2.24, 2.45) is 7.05 Å². The van der Waals surface area contributed by atoms with Gasteiger partial charge < -0.3 is 4.74 Å². The second-order valence-corrected chi connectivity index (χ2v) is 4.29. The maximum absolute atomic E-state index is 11.7. The number of aryl methyl sites for hydroxylation is 1. The molecule has 0 fully saturated rings. The quantitative estimate of drug-likeness (QED) is 0.799. The smallest absolute Gasteiger partial charge is 0.356 e. The molecular formula is C15H15N3O2. The number of nitrogens with zero attached hydrogens (tertiary/aromatic N) is 3. The Kier molecular flexibility index (Phi) is 4.16. The number of hydrogen-bond acceptors (Lipinski definition) is 4. The summed E-state index contributed by atoms with van der Waals surface area (Å²) in [6.07, 6.45) is 0.385. The molecule has 5 nitrogen and oxygen atoms in total. The highest BCUT2D eigenvalue weighted by Crippen LogP contribution is 2.20. The summed E-state index contributed by atoms with van der Waals surface area (Å²) in [6, 6.07) is 11.4. The first-order valence-corrected chi connectivity index (χ1v) is 6.33. The number of benzene rings is 1. The van der Waals surface area contributed by atoms with Gasteiger partial charge >= 0.3 is 5.97 Å². The molecule has 1 aromatic carbocycles. The summed E-state index contributed by atoms with van der Waals surface area (Å²) in [5.74, 6) is -0.380. The normalized spacial score (nSPS) is 10.1. The number of hydrogen-bond donors (Lipinski definition) is 0. The molecule has 0 bridgehead atoms. The Morgan fingerprint density at radius 1 is 1.40 bits per heavy atom. The van der Waals surface area contributed by atoms with Crippen molar-refractivity contribution in [1.82, 2.24) is 9.78 Å². The lowest BCUT2D eigenvalue weighted by atomic mass is 10.1. The number of carbonyl (C=O) groups excluding carboxylic acids is 1. The zero-order valence-corrected chi connectivity index (χ0v) is 11.5. The molecule has 0 radical (unpaired) electrons. The Balaban J connectivity index is 2.27. The van der Waals surface area contributed by atoms with Crippen molar-refractivity contribution in [3.63, 3.8) is 0 Å². The van der Waals surface area contributed by atoms with Crippen LogP contribution in [0.1, 0.15) is 23.0 Å². The summed E-state index contributed by atoms with van der Waals surface area (Å²) in [5, 5.41) is 13.0. The fourth-order valence-electron chi connectivity index (χ4n) is 1.89. The molecule has 20 heavy (non-hydrogen) atoms. The van der Waals surface area contributed by atoms with E-state index in [4.69, 9.17) is 10.00 Å². The SMILES string of the molecule is CCOC(=O)c1cc(-c2ccc(CC#N)cc2)nn1C. The second kappa shape index (κ2) is 6.02. The highest BCUT2D eigenvalue weighted by molar-refractivity contribution is 5.89. The van der Waals surface area contributed by atoms with Crippen molar-refractivity contribution in [3.8, 4) is 17.3 Å². The standard InChI is InChI=1S/C15H15N3O2/c1-3-20-15(19)14-10-13(17-18(14)2)12-6-4-11(5-7-12)8-9-16/h4-7,10H,3,8H2,1-2H3. The first-order chi connectivity index (χ1) is 9.65. The van der Waals surface area contributed by atoms with Crippen molar-refractivity contribution in [2.75, 3.05) is 6.61 Å². The van der Waals surface area contributed by atoms with Crippen LogP contribution in [-0.2, 0) is 18.2 Å². The fraction of sp³-hybridized carbons (Fsp3) is 0.267. The van der Waals surface area contributed by atoms with E-state index in [1.165, 1.54) is 4.68 Å². The minimum absolute atomic E-state index is 0.336. The van der Waals surface area contributed by atoms with Crippen LogP contribution in [0.4, 0.5) is 0 Å². The van der Waals surface area contributed by atoms with Crippen LogP contribution in [0.15, 0.2) is 30.3 Å². The van der Waals surface area contributed by atoms with E-state index in [-0.39, 0.29) is 5.97 Å². The van der Waals surface area contributed by atoms with E-state index >= 15 is 0 Å². The molecule has 5 heteroatoms. The van der Waals surface area contributed by atoms with Gasteiger partial charge in [0, 0.05) is 12.6 Å². The van der Waals surface area contributed by atoms with Crippen molar-refractivity contribution in [2.45, 2.75) is 13.3 Å². The maximum atomic E-state index is 11.7. The molecule has 0 atom stereocenters. The molecule has 0 aliphatic heterocycles. The van der Waals surface area contributed by atoms with Gasteiger partial charge in [0.15, 0.2) is 0 Å². The predicted molar refractivity (Wildman–Crippen MR) is 73.9 cm³/mol. The summed E-state index contributed by atoms with van der Waals surface area (Å²) in [4.78, 5) is 11.7. The molecule has 1 aromatic heterocycles. The van der Waals surface area contributed by atoms with E-state index in [0.29, 0.717) is 24.4 Å². The van der Waals surface area contributed by atoms with Gasteiger partial charge in [-0.15, -0.1) is 0 Å². The molecule has 0 unspecified atom stereocenters. The van der Waals surface area contributed by atoms with Gasteiger partial charge in [0.25, 0.3) is 0 Å².